The van der Waals surface area contributed by atoms with Crippen LogP contribution in [0.5, 0.6) is 11.5 Å². The molecule has 3 aliphatic heterocycles. The monoisotopic (exact) mass is 385 g/mol. The second-order valence-corrected chi connectivity index (χ2v) is 7.40. The van der Waals surface area contributed by atoms with E-state index in [1.54, 1.807) is 0 Å². The van der Waals surface area contributed by atoms with Gasteiger partial charge in [0.1, 0.15) is 11.5 Å². The molecule has 1 atom stereocenters. The average molecular weight is 385 g/mol. The predicted molar refractivity (Wildman–Crippen MR) is 99.0 cm³/mol. The molecule has 1 amide bonds. The van der Waals surface area contributed by atoms with Crippen molar-refractivity contribution in [2.24, 2.45) is 0 Å². The van der Waals surface area contributed by atoms with Crippen LogP contribution in [-0.4, -0.2) is 55.1 Å². The Hall–Kier alpha value is -2.58. The summed E-state index contributed by atoms with van der Waals surface area (Å²) in [5, 5.41) is 7.27. The second-order valence-electron chi connectivity index (χ2n) is 7.40. The quantitative estimate of drug-likeness (QED) is 0.839. The highest BCUT2D eigenvalue weighted by Gasteiger charge is 2.27. The molecule has 0 spiro atoms. The van der Waals surface area contributed by atoms with Crippen molar-refractivity contribution >= 4 is 5.91 Å². The number of nitrogens with one attached hydrogen (secondary N) is 1. The first-order valence-corrected chi connectivity index (χ1v) is 9.74. The molecule has 2 aromatic rings. The van der Waals surface area contributed by atoms with Crippen molar-refractivity contribution < 1.29 is 23.5 Å². The minimum Gasteiger partial charge on any atom is -0.454 e. The van der Waals surface area contributed by atoms with Gasteiger partial charge in [-0.25, -0.2) is 0 Å². The van der Waals surface area contributed by atoms with Gasteiger partial charge in [-0.1, -0.05) is 5.16 Å². The zero-order valence-corrected chi connectivity index (χ0v) is 15.6. The van der Waals surface area contributed by atoms with Gasteiger partial charge in [0, 0.05) is 43.8 Å². The smallest absolute Gasteiger partial charge is 0.234 e. The van der Waals surface area contributed by atoms with Gasteiger partial charge < -0.3 is 24.1 Å². The Morgan fingerprint density at radius 1 is 1.29 bits per heavy atom. The number of amides is 1. The Morgan fingerprint density at radius 2 is 2.21 bits per heavy atom. The highest BCUT2D eigenvalue weighted by atomic mass is 16.7. The molecule has 1 aromatic heterocycles. The fourth-order valence-corrected chi connectivity index (χ4v) is 3.96. The molecule has 148 valence electrons. The highest BCUT2D eigenvalue weighted by molar-refractivity contribution is 5.78. The van der Waals surface area contributed by atoms with Crippen LogP contribution in [0.1, 0.15) is 24.2 Å². The topological polar surface area (TPSA) is 86.1 Å². The number of hydrogen-bond acceptors (Lipinski definition) is 7. The number of ether oxygens (including phenoxy) is 3. The molecule has 1 N–H and O–H groups in total. The Balaban J connectivity index is 1.25. The molecule has 4 heterocycles. The number of carbonyl (C=O) groups excluding carboxylic acids is 1. The van der Waals surface area contributed by atoms with Gasteiger partial charge in [0.2, 0.25) is 12.7 Å². The molecule has 5 rings (SSSR count). The van der Waals surface area contributed by atoms with Crippen molar-refractivity contribution in [2.75, 3.05) is 33.0 Å². The van der Waals surface area contributed by atoms with Crippen LogP contribution in [0.25, 0.3) is 11.3 Å². The lowest BCUT2D eigenvalue weighted by Gasteiger charge is -2.25. The van der Waals surface area contributed by atoms with Crippen LogP contribution in [0.15, 0.2) is 22.7 Å². The standard InChI is InChI=1S/C20H23N3O5/c24-19(21-9-14-2-1-7-25-14)11-23-6-5-16-15(10-23)20(22-28-16)13-3-4-17-18(8-13)27-12-26-17/h3-4,8,14H,1-2,5-7,9-12H2,(H,21,24)/t14-/m1/s1. The number of hydrogen-bond donors (Lipinski definition) is 1. The van der Waals surface area contributed by atoms with Gasteiger partial charge in [-0.05, 0) is 31.0 Å². The molecule has 1 saturated heterocycles. The van der Waals surface area contributed by atoms with Gasteiger partial charge in [-0.2, -0.15) is 0 Å². The number of fused-ring (bicyclic) bond motifs is 2. The summed E-state index contributed by atoms with van der Waals surface area (Å²) in [5.74, 6) is 2.38. The summed E-state index contributed by atoms with van der Waals surface area (Å²) < 4.78 is 22.0. The third kappa shape index (κ3) is 3.45. The summed E-state index contributed by atoms with van der Waals surface area (Å²) in [6.07, 6.45) is 3.00. The summed E-state index contributed by atoms with van der Waals surface area (Å²) in [6.45, 7) is 3.40. The summed E-state index contributed by atoms with van der Waals surface area (Å²) in [5.41, 5.74) is 2.77. The van der Waals surface area contributed by atoms with Crippen molar-refractivity contribution in [1.29, 1.82) is 0 Å². The molecule has 28 heavy (non-hydrogen) atoms. The molecule has 8 heteroatoms. The first-order chi connectivity index (χ1) is 13.8. The van der Waals surface area contributed by atoms with Crippen LogP contribution in [0.2, 0.25) is 0 Å². The van der Waals surface area contributed by atoms with Crippen LogP contribution in [0, 0.1) is 0 Å². The van der Waals surface area contributed by atoms with E-state index in [4.69, 9.17) is 18.7 Å². The number of nitrogens with zero attached hydrogens (tertiary/aromatic N) is 2. The molecule has 8 nitrogen and oxygen atoms in total. The van der Waals surface area contributed by atoms with Crippen LogP contribution in [0.3, 0.4) is 0 Å². The molecular formula is C20H23N3O5. The lowest BCUT2D eigenvalue weighted by molar-refractivity contribution is -0.123. The minimum atomic E-state index is 0.0278. The van der Waals surface area contributed by atoms with Gasteiger partial charge in [0.15, 0.2) is 11.5 Å². The maximum absolute atomic E-state index is 12.3. The predicted octanol–water partition coefficient (Wildman–Crippen LogP) is 1.72. The van der Waals surface area contributed by atoms with Crippen molar-refractivity contribution in [3.63, 3.8) is 0 Å². The van der Waals surface area contributed by atoms with E-state index in [2.05, 4.69) is 15.4 Å². The van der Waals surface area contributed by atoms with E-state index in [-0.39, 0.29) is 18.8 Å². The van der Waals surface area contributed by atoms with Crippen LogP contribution < -0.4 is 14.8 Å². The summed E-state index contributed by atoms with van der Waals surface area (Å²) in [6, 6.07) is 5.77. The normalized spacial score (nSPS) is 20.9. The van der Waals surface area contributed by atoms with E-state index in [1.165, 1.54) is 0 Å². The van der Waals surface area contributed by atoms with E-state index in [9.17, 15) is 4.79 Å². The average Bonchev–Trinajstić information content (AvgIpc) is 3.45. The molecule has 0 aliphatic carbocycles. The third-order valence-electron chi connectivity index (χ3n) is 5.47. The molecule has 3 aliphatic rings. The zero-order chi connectivity index (χ0) is 18.9. The number of carbonyl (C=O) groups is 1. The minimum absolute atomic E-state index is 0.0278. The van der Waals surface area contributed by atoms with E-state index >= 15 is 0 Å². The number of benzene rings is 1. The Morgan fingerprint density at radius 3 is 3.11 bits per heavy atom. The van der Waals surface area contributed by atoms with Crippen molar-refractivity contribution in [3.8, 4) is 22.8 Å². The fraction of sp³-hybridized carbons (Fsp3) is 0.500. The summed E-state index contributed by atoms with van der Waals surface area (Å²) in [7, 11) is 0. The molecule has 1 aromatic carbocycles. The number of rotatable bonds is 5. The van der Waals surface area contributed by atoms with Crippen molar-refractivity contribution in [2.45, 2.75) is 31.9 Å². The van der Waals surface area contributed by atoms with Crippen LogP contribution >= 0.6 is 0 Å². The maximum Gasteiger partial charge on any atom is 0.234 e. The number of aromatic nitrogens is 1. The van der Waals surface area contributed by atoms with E-state index in [1.807, 2.05) is 18.2 Å². The summed E-state index contributed by atoms with van der Waals surface area (Å²) >= 11 is 0. The van der Waals surface area contributed by atoms with Gasteiger partial charge in [0.25, 0.3) is 0 Å². The second kappa shape index (κ2) is 7.44. The van der Waals surface area contributed by atoms with Crippen molar-refractivity contribution in [1.82, 2.24) is 15.4 Å². The van der Waals surface area contributed by atoms with E-state index < -0.39 is 0 Å². The van der Waals surface area contributed by atoms with Crippen molar-refractivity contribution in [3.05, 3.63) is 29.5 Å². The third-order valence-corrected chi connectivity index (χ3v) is 5.47. The molecule has 0 bridgehead atoms. The molecule has 1 fully saturated rings. The van der Waals surface area contributed by atoms with E-state index in [0.717, 1.165) is 66.5 Å². The van der Waals surface area contributed by atoms with Crippen LogP contribution in [0.4, 0.5) is 0 Å². The SMILES string of the molecule is O=C(CN1CCc2onc(-c3ccc4c(c3)OCO4)c2C1)NC[C@H]1CCCO1. The lowest BCUT2D eigenvalue weighted by atomic mass is 10.0. The van der Waals surface area contributed by atoms with Gasteiger partial charge >= 0.3 is 0 Å². The largest absolute Gasteiger partial charge is 0.454 e. The molecule has 0 saturated carbocycles. The molecular weight excluding hydrogens is 362 g/mol. The molecule has 0 unspecified atom stereocenters. The fourth-order valence-electron chi connectivity index (χ4n) is 3.96. The Labute approximate surface area is 162 Å². The zero-order valence-electron chi connectivity index (χ0n) is 15.6. The first-order valence-electron chi connectivity index (χ1n) is 9.74. The maximum atomic E-state index is 12.3. The van der Waals surface area contributed by atoms with Gasteiger partial charge in [-0.3, -0.25) is 9.69 Å². The Kier molecular flexibility index (Phi) is 4.66. The Bertz CT molecular complexity index is 875. The molecule has 0 radical (unpaired) electrons. The lowest BCUT2D eigenvalue weighted by Crippen LogP contribution is -2.41. The van der Waals surface area contributed by atoms with E-state index in [0.29, 0.717) is 19.6 Å². The van der Waals surface area contributed by atoms with Gasteiger partial charge in [0.05, 0.1) is 12.6 Å². The highest BCUT2D eigenvalue weighted by Crippen LogP contribution is 2.38. The first kappa shape index (κ1) is 17.5. The summed E-state index contributed by atoms with van der Waals surface area (Å²) in [4.78, 5) is 14.4. The van der Waals surface area contributed by atoms with Crippen LogP contribution in [-0.2, 0) is 22.5 Å². The van der Waals surface area contributed by atoms with Gasteiger partial charge in [-0.15, -0.1) is 0 Å².